The molecule has 9 heteroatoms. The van der Waals surface area contributed by atoms with E-state index in [0.29, 0.717) is 41.2 Å². The Balaban J connectivity index is 2.12. The Morgan fingerprint density at radius 3 is 2.42 bits per heavy atom. The van der Waals surface area contributed by atoms with E-state index in [0.717, 1.165) is 6.54 Å². The van der Waals surface area contributed by atoms with Crippen LogP contribution in [0.4, 0.5) is 0 Å². The van der Waals surface area contributed by atoms with Gasteiger partial charge >= 0.3 is 5.97 Å². The lowest BCUT2D eigenvalue weighted by atomic mass is 9.94. The molecule has 1 saturated heterocycles. The van der Waals surface area contributed by atoms with E-state index < -0.39 is 23.7 Å². The van der Waals surface area contributed by atoms with Crippen LogP contribution in [-0.2, 0) is 14.3 Å². The third-order valence-electron chi connectivity index (χ3n) is 5.55. The average Bonchev–Trinajstić information content (AvgIpc) is 3.03. The van der Waals surface area contributed by atoms with Crippen molar-refractivity contribution in [1.29, 1.82) is 0 Å². The molecule has 1 fully saturated rings. The molecule has 1 aliphatic heterocycles. The van der Waals surface area contributed by atoms with Crippen LogP contribution in [0.3, 0.4) is 0 Å². The first kappa shape index (κ1) is 24.1. The zero-order valence-corrected chi connectivity index (χ0v) is 19.5. The molecule has 0 saturated carbocycles. The second-order valence-corrected chi connectivity index (χ2v) is 8.18. The number of amides is 1. The number of benzene rings is 1. The summed E-state index contributed by atoms with van der Waals surface area (Å²) in [6, 6.07) is 5.66. The third kappa shape index (κ3) is 4.93. The molecule has 2 aromatic rings. The highest BCUT2D eigenvalue weighted by Crippen LogP contribution is 2.39. The van der Waals surface area contributed by atoms with E-state index in [1.165, 1.54) is 18.2 Å². The number of aromatic nitrogens is 2. The molecule has 1 aromatic carbocycles. The second kappa shape index (κ2) is 9.91. The molecule has 0 unspecified atom stereocenters. The van der Waals surface area contributed by atoms with Gasteiger partial charge in [-0.15, -0.1) is 0 Å². The molecule has 0 bridgehead atoms. The highest BCUT2D eigenvalue weighted by molar-refractivity contribution is 6.46. The van der Waals surface area contributed by atoms with Crippen molar-refractivity contribution in [1.82, 2.24) is 19.8 Å². The van der Waals surface area contributed by atoms with Gasteiger partial charge in [0.15, 0.2) is 0 Å². The monoisotopic (exact) mass is 452 g/mol. The van der Waals surface area contributed by atoms with E-state index in [4.69, 9.17) is 4.74 Å². The fraction of sp³-hybridized carbons (Fsp3) is 0.375. The molecule has 2 heterocycles. The summed E-state index contributed by atoms with van der Waals surface area (Å²) >= 11 is 0. The summed E-state index contributed by atoms with van der Waals surface area (Å²) < 4.78 is 4.75. The van der Waals surface area contributed by atoms with Gasteiger partial charge in [0, 0.05) is 12.7 Å². The molecule has 33 heavy (non-hydrogen) atoms. The lowest BCUT2D eigenvalue weighted by molar-refractivity contribution is -0.139. The van der Waals surface area contributed by atoms with Crippen LogP contribution in [0, 0.1) is 13.8 Å². The van der Waals surface area contributed by atoms with Gasteiger partial charge in [-0.25, -0.2) is 14.8 Å². The number of ketones is 1. The zero-order valence-electron chi connectivity index (χ0n) is 19.5. The Morgan fingerprint density at radius 2 is 1.85 bits per heavy atom. The molecule has 1 aromatic heterocycles. The largest absolute Gasteiger partial charge is 0.507 e. The van der Waals surface area contributed by atoms with Crippen molar-refractivity contribution in [3.8, 4) is 0 Å². The van der Waals surface area contributed by atoms with Gasteiger partial charge in [-0.1, -0.05) is 12.1 Å². The maximum Gasteiger partial charge on any atom is 0.337 e. The van der Waals surface area contributed by atoms with Crippen molar-refractivity contribution in [3.63, 3.8) is 0 Å². The van der Waals surface area contributed by atoms with Gasteiger partial charge < -0.3 is 19.6 Å². The zero-order chi connectivity index (χ0) is 24.3. The second-order valence-electron chi connectivity index (χ2n) is 8.18. The number of aryl methyl sites for hydroxylation is 2. The number of Topliss-reactive ketones (excluding diaryl/α,β-unsaturated/α-hetero) is 1. The molecule has 1 amide bonds. The molecule has 1 atom stereocenters. The predicted octanol–water partition coefficient (Wildman–Crippen LogP) is 2.25. The maximum atomic E-state index is 13.1. The number of ether oxygens (including phenoxy) is 1. The van der Waals surface area contributed by atoms with Crippen LogP contribution >= 0.6 is 0 Å². The van der Waals surface area contributed by atoms with Crippen LogP contribution in [0.25, 0.3) is 5.76 Å². The summed E-state index contributed by atoms with van der Waals surface area (Å²) in [5.74, 6) is -1.72. The van der Waals surface area contributed by atoms with Gasteiger partial charge in [0.05, 0.1) is 35.5 Å². The minimum atomic E-state index is -0.806. The van der Waals surface area contributed by atoms with Crippen molar-refractivity contribution < 1.29 is 24.2 Å². The van der Waals surface area contributed by atoms with Crippen LogP contribution in [-0.4, -0.2) is 76.8 Å². The number of carbonyl (C=O) groups excluding carboxylic acids is 3. The standard InChI is InChI=1S/C24H28N4O5/c1-14-18(13-25-15(2)26-14)21(29)19-20(16-7-9-17(10-8-16)24(32)33-5)28(23(31)22(19)30)12-6-11-27(3)4/h7-10,13,20,29H,6,11-12H2,1-5H3/t20-/m1/s1. The maximum absolute atomic E-state index is 13.1. The fourth-order valence-corrected chi connectivity index (χ4v) is 3.89. The van der Waals surface area contributed by atoms with E-state index in [1.54, 1.807) is 38.1 Å². The van der Waals surface area contributed by atoms with Crippen LogP contribution in [0.5, 0.6) is 0 Å². The summed E-state index contributed by atoms with van der Waals surface area (Å²) in [6.45, 7) is 4.48. The minimum absolute atomic E-state index is 0.0220. The smallest absolute Gasteiger partial charge is 0.337 e. The highest BCUT2D eigenvalue weighted by atomic mass is 16.5. The number of esters is 1. The van der Waals surface area contributed by atoms with Crippen molar-refractivity contribution in [2.75, 3.05) is 34.3 Å². The fourth-order valence-electron chi connectivity index (χ4n) is 3.89. The quantitative estimate of drug-likeness (QED) is 0.295. The number of aliphatic hydroxyl groups is 1. The molecule has 0 spiro atoms. The molecular formula is C24H28N4O5. The first-order valence-corrected chi connectivity index (χ1v) is 10.6. The topological polar surface area (TPSA) is 113 Å². The predicted molar refractivity (Wildman–Crippen MR) is 121 cm³/mol. The van der Waals surface area contributed by atoms with Crippen molar-refractivity contribution in [2.24, 2.45) is 0 Å². The van der Waals surface area contributed by atoms with Crippen molar-refractivity contribution in [2.45, 2.75) is 26.3 Å². The SMILES string of the molecule is COC(=O)c1ccc([C@@H]2C(=C(O)c3cnc(C)nc3C)C(=O)C(=O)N2CCCN(C)C)cc1. The Morgan fingerprint density at radius 1 is 1.18 bits per heavy atom. The van der Waals surface area contributed by atoms with E-state index in [1.807, 2.05) is 19.0 Å². The minimum Gasteiger partial charge on any atom is -0.507 e. The summed E-state index contributed by atoms with van der Waals surface area (Å²) in [7, 11) is 5.15. The first-order chi connectivity index (χ1) is 15.6. The molecule has 0 aliphatic carbocycles. The molecule has 9 nitrogen and oxygen atoms in total. The molecule has 3 rings (SSSR count). The van der Waals surface area contributed by atoms with Crippen molar-refractivity contribution in [3.05, 3.63) is 64.2 Å². The van der Waals surface area contributed by atoms with Crippen LogP contribution in [0.2, 0.25) is 0 Å². The lowest BCUT2D eigenvalue weighted by Crippen LogP contribution is -2.32. The third-order valence-corrected chi connectivity index (χ3v) is 5.55. The van der Waals surface area contributed by atoms with Gasteiger partial charge in [-0.2, -0.15) is 0 Å². The highest BCUT2D eigenvalue weighted by Gasteiger charge is 2.46. The first-order valence-electron chi connectivity index (χ1n) is 10.6. The Labute approximate surface area is 192 Å². The lowest BCUT2D eigenvalue weighted by Gasteiger charge is -2.26. The molecule has 174 valence electrons. The number of carbonyl (C=O) groups is 3. The molecule has 0 radical (unpaired) electrons. The number of hydrogen-bond acceptors (Lipinski definition) is 8. The number of likely N-dealkylation sites (tertiary alicyclic amines) is 1. The van der Waals surface area contributed by atoms with E-state index >= 15 is 0 Å². The number of nitrogens with zero attached hydrogens (tertiary/aromatic N) is 4. The summed E-state index contributed by atoms with van der Waals surface area (Å²) in [6.07, 6.45) is 2.09. The van der Waals surface area contributed by atoms with Gasteiger partial charge in [-0.05, 0) is 58.6 Å². The number of aliphatic hydroxyl groups excluding tert-OH is 1. The van der Waals surface area contributed by atoms with Gasteiger partial charge in [0.25, 0.3) is 11.7 Å². The summed E-state index contributed by atoms with van der Waals surface area (Å²) in [5, 5.41) is 11.1. The van der Waals surface area contributed by atoms with Crippen LogP contribution < -0.4 is 0 Å². The van der Waals surface area contributed by atoms with Crippen LogP contribution in [0.1, 0.15) is 45.5 Å². The van der Waals surface area contributed by atoms with Gasteiger partial charge in [0.2, 0.25) is 0 Å². The molecule has 1 aliphatic rings. The summed E-state index contributed by atoms with van der Waals surface area (Å²) in [4.78, 5) is 49.7. The normalized spacial score (nSPS) is 17.6. The van der Waals surface area contributed by atoms with E-state index in [9.17, 15) is 19.5 Å². The number of hydrogen-bond donors (Lipinski definition) is 1. The van der Waals surface area contributed by atoms with Gasteiger partial charge in [0.1, 0.15) is 11.6 Å². The Hall–Kier alpha value is -3.59. The van der Waals surface area contributed by atoms with Crippen molar-refractivity contribution >= 4 is 23.4 Å². The van der Waals surface area contributed by atoms with Gasteiger partial charge in [-0.3, -0.25) is 9.59 Å². The molecular weight excluding hydrogens is 424 g/mol. The number of rotatable bonds is 7. The average molecular weight is 453 g/mol. The molecule has 1 N–H and O–H groups in total. The Kier molecular flexibility index (Phi) is 7.23. The Bertz CT molecular complexity index is 1110. The number of methoxy groups -OCH3 is 1. The van der Waals surface area contributed by atoms with E-state index in [-0.39, 0.29) is 11.3 Å². The van der Waals surface area contributed by atoms with Crippen LogP contribution in [0.15, 0.2) is 36.0 Å². The van der Waals surface area contributed by atoms with E-state index in [2.05, 4.69) is 9.97 Å². The summed E-state index contributed by atoms with van der Waals surface area (Å²) in [5.41, 5.74) is 1.71.